The number of aromatic nitrogens is 1. The lowest BCUT2D eigenvalue weighted by Gasteiger charge is -2.07. The molecule has 0 atom stereocenters. The first-order chi connectivity index (χ1) is 8.59. The Morgan fingerprint density at radius 1 is 1.28 bits per heavy atom. The SMILES string of the molecule is Nc1cc(C(F)F)ccc1C(=O)c1cccnc1. The Labute approximate surface area is 102 Å². The molecule has 0 aliphatic rings. The molecule has 1 aromatic carbocycles. The van der Waals surface area contributed by atoms with Gasteiger partial charge in [-0.3, -0.25) is 9.78 Å². The Hall–Kier alpha value is -2.30. The number of carbonyl (C=O) groups is 1. The van der Waals surface area contributed by atoms with Crippen LogP contribution in [0, 0.1) is 0 Å². The minimum Gasteiger partial charge on any atom is -0.398 e. The van der Waals surface area contributed by atoms with Crippen LogP contribution >= 0.6 is 0 Å². The summed E-state index contributed by atoms with van der Waals surface area (Å²) < 4.78 is 24.9. The Morgan fingerprint density at radius 3 is 2.61 bits per heavy atom. The molecule has 5 heteroatoms. The number of rotatable bonds is 3. The first-order valence-electron chi connectivity index (χ1n) is 5.22. The van der Waals surface area contributed by atoms with Crippen molar-refractivity contribution in [3.05, 3.63) is 59.4 Å². The summed E-state index contributed by atoms with van der Waals surface area (Å²) in [5, 5.41) is 0. The van der Waals surface area contributed by atoms with Crippen molar-refractivity contribution in [1.82, 2.24) is 4.98 Å². The number of benzene rings is 1. The average Bonchev–Trinajstić information content (AvgIpc) is 2.38. The van der Waals surface area contributed by atoms with E-state index in [1.54, 1.807) is 18.3 Å². The molecule has 0 amide bonds. The van der Waals surface area contributed by atoms with E-state index in [1.807, 2.05) is 0 Å². The summed E-state index contributed by atoms with van der Waals surface area (Å²) >= 11 is 0. The molecule has 18 heavy (non-hydrogen) atoms. The normalized spacial score (nSPS) is 10.6. The number of halogens is 2. The fourth-order valence-electron chi connectivity index (χ4n) is 1.58. The van der Waals surface area contributed by atoms with Crippen molar-refractivity contribution >= 4 is 11.5 Å². The number of ketones is 1. The molecule has 3 nitrogen and oxygen atoms in total. The number of nitrogens with two attached hydrogens (primary N) is 1. The molecule has 1 heterocycles. The molecule has 0 radical (unpaired) electrons. The van der Waals surface area contributed by atoms with Gasteiger partial charge in [0.2, 0.25) is 0 Å². The maximum Gasteiger partial charge on any atom is 0.263 e. The van der Waals surface area contributed by atoms with E-state index in [1.165, 1.54) is 18.3 Å². The van der Waals surface area contributed by atoms with Gasteiger partial charge in [-0.05, 0) is 24.3 Å². The molecule has 0 aliphatic heterocycles. The van der Waals surface area contributed by atoms with E-state index < -0.39 is 6.43 Å². The monoisotopic (exact) mass is 248 g/mol. The molecule has 0 aliphatic carbocycles. The van der Waals surface area contributed by atoms with Gasteiger partial charge in [0.05, 0.1) is 0 Å². The molecular formula is C13H10F2N2O. The van der Waals surface area contributed by atoms with Gasteiger partial charge in [-0.25, -0.2) is 8.78 Å². The molecule has 0 bridgehead atoms. The van der Waals surface area contributed by atoms with Gasteiger partial charge in [-0.15, -0.1) is 0 Å². The lowest BCUT2D eigenvalue weighted by atomic mass is 10.0. The minimum atomic E-state index is -2.60. The Kier molecular flexibility index (Phi) is 3.32. The van der Waals surface area contributed by atoms with E-state index in [-0.39, 0.29) is 22.6 Å². The molecule has 2 aromatic rings. The van der Waals surface area contributed by atoms with Crippen LogP contribution in [-0.2, 0) is 0 Å². The molecule has 0 saturated heterocycles. The van der Waals surface area contributed by atoms with Gasteiger partial charge in [0.25, 0.3) is 6.43 Å². The molecule has 2 N–H and O–H groups in total. The van der Waals surface area contributed by atoms with Crippen LogP contribution in [0.25, 0.3) is 0 Å². The number of alkyl halides is 2. The smallest absolute Gasteiger partial charge is 0.263 e. The topological polar surface area (TPSA) is 56.0 Å². The Morgan fingerprint density at radius 2 is 2.06 bits per heavy atom. The van der Waals surface area contributed by atoms with E-state index >= 15 is 0 Å². The number of carbonyl (C=O) groups excluding carboxylic acids is 1. The zero-order valence-corrected chi connectivity index (χ0v) is 9.31. The summed E-state index contributed by atoms with van der Waals surface area (Å²) in [6.07, 6.45) is 0.345. The van der Waals surface area contributed by atoms with E-state index in [0.717, 1.165) is 6.07 Å². The van der Waals surface area contributed by atoms with E-state index in [2.05, 4.69) is 4.98 Å². The van der Waals surface area contributed by atoms with Gasteiger partial charge in [-0.1, -0.05) is 6.07 Å². The summed E-state index contributed by atoms with van der Waals surface area (Å²) in [7, 11) is 0. The maximum absolute atomic E-state index is 12.5. The highest BCUT2D eigenvalue weighted by molar-refractivity contribution is 6.11. The first kappa shape index (κ1) is 12.2. The molecule has 92 valence electrons. The van der Waals surface area contributed by atoms with Gasteiger partial charge < -0.3 is 5.73 Å². The van der Waals surface area contributed by atoms with Crippen LogP contribution in [0.15, 0.2) is 42.7 Å². The summed E-state index contributed by atoms with van der Waals surface area (Å²) in [4.78, 5) is 15.9. The van der Waals surface area contributed by atoms with Gasteiger partial charge in [0.1, 0.15) is 0 Å². The third kappa shape index (κ3) is 2.34. The van der Waals surface area contributed by atoms with Gasteiger partial charge >= 0.3 is 0 Å². The number of hydrogen-bond acceptors (Lipinski definition) is 3. The van der Waals surface area contributed by atoms with Crippen molar-refractivity contribution in [3.8, 4) is 0 Å². The van der Waals surface area contributed by atoms with Crippen LogP contribution in [0.4, 0.5) is 14.5 Å². The predicted octanol–water partition coefficient (Wildman–Crippen LogP) is 2.83. The third-order valence-corrected chi connectivity index (χ3v) is 2.50. The van der Waals surface area contributed by atoms with Crippen LogP contribution in [0.5, 0.6) is 0 Å². The molecule has 1 aromatic heterocycles. The highest BCUT2D eigenvalue weighted by Gasteiger charge is 2.15. The van der Waals surface area contributed by atoms with Crippen molar-refractivity contribution in [2.75, 3.05) is 5.73 Å². The molecular weight excluding hydrogens is 238 g/mol. The fraction of sp³-hybridized carbons (Fsp3) is 0.0769. The van der Waals surface area contributed by atoms with Crippen LogP contribution in [-0.4, -0.2) is 10.8 Å². The molecule has 0 spiro atoms. The van der Waals surface area contributed by atoms with Gasteiger partial charge in [0.15, 0.2) is 5.78 Å². The van der Waals surface area contributed by atoms with Crippen LogP contribution in [0.2, 0.25) is 0 Å². The van der Waals surface area contributed by atoms with E-state index in [0.29, 0.717) is 5.56 Å². The van der Waals surface area contributed by atoms with Crippen LogP contribution in [0.1, 0.15) is 27.9 Å². The molecule has 0 saturated carbocycles. The lowest BCUT2D eigenvalue weighted by Crippen LogP contribution is -2.06. The standard InChI is InChI=1S/C13H10F2N2O/c14-13(15)8-3-4-10(11(16)6-8)12(18)9-2-1-5-17-7-9/h1-7,13H,16H2. The van der Waals surface area contributed by atoms with Crippen molar-refractivity contribution in [2.24, 2.45) is 0 Å². The summed E-state index contributed by atoms with van der Waals surface area (Å²) in [6, 6.07) is 6.85. The number of nitrogen functional groups attached to an aromatic ring is 1. The second-order valence-corrected chi connectivity index (χ2v) is 3.72. The van der Waals surface area contributed by atoms with Crippen molar-refractivity contribution in [2.45, 2.75) is 6.43 Å². The summed E-state index contributed by atoms with van der Waals surface area (Å²) in [5.41, 5.74) is 6.04. The summed E-state index contributed by atoms with van der Waals surface area (Å²) in [5.74, 6) is -0.332. The zero-order valence-electron chi connectivity index (χ0n) is 9.31. The quantitative estimate of drug-likeness (QED) is 0.671. The second kappa shape index (κ2) is 4.91. The van der Waals surface area contributed by atoms with Gasteiger partial charge in [0, 0.05) is 34.8 Å². The van der Waals surface area contributed by atoms with Crippen LogP contribution in [0.3, 0.4) is 0 Å². The van der Waals surface area contributed by atoms with Gasteiger partial charge in [-0.2, -0.15) is 0 Å². The fourth-order valence-corrected chi connectivity index (χ4v) is 1.58. The predicted molar refractivity (Wildman–Crippen MR) is 63.5 cm³/mol. The number of anilines is 1. The third-order valence-electron chi connectivity index (χ3n) is 2.50. The van der Waals surface area contributed by atoms with Crippen molar-refractivity contribution in [3.63, 3.8) is 0 Å². The summed E-state index contributed by atoms with van der Waals surface area (Å²) in [6.45, 7) is 0. The van der Waals surface area contributed by atoms with E-state index in [4.69, 9.17) is 5.73 Å². The zero-order chi connectivity index (χ0) is 13.1. The molecule has 0 unspecified atom stereocenters. The largest absolute Gasteiger partial charge is 0.398 e. The molecule has 0 fully saturated rings. The highest BCUT2D eigenvalue weighted by Crippen LogP contribution is 2.24. The average molecular weight is 248 g/mol. The lowest BCUT2D eigenvalue weighted by molar-refractivity contribution is 0.103. The van der Waals surface area contributed by atoms with Crippen molar-refractivity contribution in [1.29, 1.82) is 0 Å². The van der Waals surface area contributed by atoms with Crippen molar-refractivity contribution < 1.29 is 13.6 Å². The highest BCUT2D eigenvalue weighted by atomic mass is 19.3. The maximum atomic E-state index is 12.5. The first-order valence-corrected chi connectivity index (χ1v) is 5.22. The Balaban J connectivity index is 2.38. The Bertz CT molecular complexity index is 570. The number of hydrogen-bond donors (Lipinski definition) is 1. The molecule has 2 rings (SSSR count). The number of nitrogens with zero attached hydrogens (tertiary/aromatic N) is 1. The van der Waals surface area contributed by atoms with E-state index in [9.17, 15) is 13.6 Å². The minimum absolute atomic E-state index is 0.0432. The second-order valence-electron chi connectivity index (χ2n) is 3.72. The number of pyridine rings is 1. The van der Waals surface area contributed by atoms with Crippen LogP contribution < -0.4 is 5.73 Å².